The summed E-state index contributed by atoms with van der Waals surface area (Å²) in [5.74, 6) is 0.477. The highest BCUT2D eigenvalue weighted by Crippen LogP contribution is 2.35. The molecule has 0 amide bonds. The first-order chi connectivity index (χ1) is 9.11. The van der Waals surface area contributed by atoms with Crippen molar-refractivity contribution in [3.8, 4) is 5.75 Å². The third-order valence-electron chi connectivity index (χ3n) is 2.82. The van der Waals surface area contributed by atoms with Crippen LogP contribution in [0.2, 0.25) is 10.0 Å². The predicted octanol–water partition coefficient (Wildman–Crippen LogP) is 4.63. The van der Waals surface area contributed by atoms with Crippen LogP contribution in [0.15, 0.2) is 42.5 Å². The molecule has 0 bridgehead atoms. The molecule has 0 aliphatic carbocycles. The molecule has 0 aromatic heterocycles. The molecule has 0 heterocycles. The molecule has 1 N–H and O–H groups in total. The topological polar surface area (TPSA) is 29.5 Å². The molecule has 1 unspecified atom stereocenters. The quantitative estimate of drug-likeness (QED) is 0.891. The Labute approximate surface area is 122 Å². The normalized spacial score (nSPS) is 12.2. The number of rotatable bonds is 4. The van der Waals surface area contributed by atoms with Crippen molar-refractivity contribution in [2.24, 2.45) is 0 Å². The molecule has 0 fully saturated rings. The van der Waals surface area contributed by atoms with Gasteiger partial charge in [0.15, 0.2) is 0 Å². The third kappa shape index (κ3) is 3.41. The standard InChI is InChI=1S/C15H14Cl2O2/c1-10(11-5-3-2-4-6-11)19-15-12(9-18)7-13(16)8-14(15)17/h2-8,10,18H,9H2,1H3. The first-order valence-corrected chi connectivity index (χ1v) is 6.67. The molecule has 4 heteroatoms. The third-order valence-corrected chi connectivity index (χ3v) is 3.32. The summed E-state index contributed by atoms with van der Waals surface area (Å²) in [6, 6.07) is 13.1. The molecule has 0 saturated heterocycles. The fourth-order valence-electron chi connectivity index (χ4n) is 1.83. The van der Waals surface area contributed by atoms with Crippen LogP contribution in [0, 0.1) is 0 Å². The molecule has 19 heavy (non-hydrogen) atoms. The van der Waals surface area contributed by atoms with Crippen LogP contribution in [0.5, 0.6) is 5.75 Å². The van der Waals surface area contributed by atoms with Crippen LogP contribution < -0.4 is 4.74 Å². The Morgan fingerprint density at radius 2 is 1.84 bits per heavy atom. The number of benzene rings is 2. The van der Waals surface area contributed by atoms with Crippen molar-refractivity contribution < 1.29 is 9.84 Å². The van der Waals surface area contributed by atoms with E-state index in [0.29, 0.717) is 21.4 Å². The van der Waals surface area contributed by atoms with Gasteiger partial charge >= 0.3 is 0 Å². The number of aliphatic hydroxyl groups excluding tert-OH is 1. The molecule has 0 radical (unpaired) electrons. The minimum absolute atomic E-state index is 0.162. The average molecular weight is 297 g/mol. The van der Waals surface area contributed by atoms with Crippen LogP contribution in [0.1, 0.15) is 24.2 Å². The van der Waals surface area contributed by atoms with Gasteiger partial charge in [-0.05, 0) is 24.6 Å². The van der Waals surface area contributed by atoms with Gasteiger partial charge in [0.25, 0.3) is 0 Å². The number of hydrogen-bond donors (Lipinski definition) is 1. The average Bonchev–Trinajstić information content (AvgIpc) is 2.42. The van der Waals surface area contributed by atoms with Gasteiger partial charge in [0.1, 0.15) is 11.9 Å². The van der Waals surface area contributed by atoms with Gasteiger partial charge in [-0.3, -0.25) is 0 Å². The van der Waals surface area contributed by atoms with Gasteiger partial charge in [-0.2, -0.15) is 0 Å². The van der Waals surface area contributed by atoms with Crippen LogP contribution in [0.3, 0.4) is 0 Å². The van der Waals surface area contributed by atoms with E-state index in [0.717, 1.165) is 5.56 Å². The zero-order valence-electron chi connectivity index (χ0n) is 10.4. The van der Waals surface area contributed by atoms with Gasteiger partial charge in [0.2, 0.25) is 0 Å². The van der Waals surface area contributed by atoms with Crippen LogP contribution in [0.4, 0.5) is 0 Å². The monoisotopic (exact) mass is 296 g/mol. The van der Waals surface area contributed by atoms with Crippen molar-refractivity contribution in [3.05, 3.63) is 63.6 Å². The molecule has 0 spiro atoms. The lowest BCUT2D eigenvalue weighted by atomic mass is 10.1. The Balaban J connectivity index is 2.28. The van der Waals surface area contributed by atoms with Crippen molar-refractivity contribution in [1.82, 2.24) is 0 Å². The Hall–Kier alpha value is -1.22. The second-order valence-electron chi connectivity index (χ2n) is 4.20. The van der Waals surface area contributed by atoms with E-state index in [9.17, 15) is 5.11 Å². The van der Waals surface area contributed by atoms with Crippen LogP contribution in [-0.4, -0.2) is 5.11 Å². The smallest absolute Gasteiger partial charge is 0.144 e. The van der Waals surface area contributed by atoms with E-state index in [4.69, 9.17) is 27.9 Å². The summed E-state index contributed by atoms with van der Waals surface area (Å²) in [6.07, 6.45) is -0.162. The summed E-state index contributed by atoms with van der Waals surface area (Å²) >= 11 is 12.0. The molecule has 100 valence electrons. The van der Waals surface area contributed by atoms with Crippen molar-refractivity contribution >= 4 is 23.2 Å². The maximum Gasteiger partial charge on any atom is 0.144 e. The largest absolute Gasteiger partial charge is 0.484 e. The van der Waals surface area contributed by atoms with Crippen molar-refractivity contribution in [2.75, 3.05) is 0 Å². The number of aliphatic hydroxyl groups is 1. The zero-order chi connectivity index (χ0) is 13.8. The molecule has 2 aromatic rings. The Bertz CT molecular complexity index is 556. The second-order valence-corrected chi connectivity index (χ2v) is 5.05. The Kier molecular flexibility index (Phi) is 4.70. The fraction of sp³-hybridized carbons (Fsp3) is 0.200. The Morgan fingerprint density at radius 3 is 2.47 bits per heavy atom. The molecular weight excluding hydrogens is 283 g/mol. The molecule has 2 nitrogen and oxygen atoms in total. The van der Waals surface area contributed by atoms with Gasteiger partial charge in [-0.15, -0.1) is 0 Å². The van der Waals surface area contributed by atoms with E-state index >= 15 is 0 Å². The van der Waals surface area contributed by atoms with Crippen molar-refractivity contribution in [2.45, 2.75) is 19.6 Å². The zero-order valence-corrected chi connectivity index (χ0v) is 11.9. The minimum atomic E-state index is -0.170. The summed E-state index contributed by atoms with van der Waals surface area (Å²) in [4.78, 5) is 0. The fourth-order valence-corrected chi connectivity index (χ4v) is 2.41. The van der Waals surface area contributed by atoms with Gasteiger partial charge in [0, 0.05) is 10.6 Å². The van der Waals surface area contributed by atoms with E-state index in [2.05, 4.69) is 0 Å². The first-order valence-electron chi connectivity index (χ1n) is 5.92. The summed E-state index contributed by atoms with van der Waals surface area (Å²) in [6.45, 7) is 1.76. The molecule has 2 aromatic carbocycles. The summed E-state index contributed by atoms with van der Waals surface area (Å²) < 4.78 is 5.86. The lowest BCUT2D eigenvalue weighted by molar-refractivity contribution is 0.213. The van der Waals surface area contributed by atoms with E-state index < -0.39 is 0 Å². The predicted molar refractivity (Wildman–Crippen MR) is 77.9 cm³/mol. The summed E-state index contributed by atoms with van der Waals surface area (Å²) in [7, 11) is 0. The van der Waals surface area contributed by atoms with Crippen molar-refractivity contribution in [3.63, 3.8) is 0 Å². The molecule has 2 rings (SSSR count). The summed E-state index contributed by atoms with van der Waals surface area (Å²) in [5, 5.41) is 10.2. The lowest BCUT2D eigenvalue weighted by Gasteiger charge is -2.18. The molecule has 0 aliphatic heterocycles. The van der Waals surface area contributed by atoms with E-state index in [1.54, 1.807) is 12.1 Å². The van der Waals surface area contributed by atoms with Gasteiger partial charge < -0.3 is 9.84 Å². The summed E-state index contributed by atoms with van der Waals surface area (Å²) in [5.41, 5.74) is 1.62. The van der Waals surface area contributed by atoms with Crippen molar-refractivity contribution in [1.29, 1.82) is 0 Å². The van der Waals surface area contributed by atoms with E-state index in [1.165, 1.54) is 0 Å². The minimum Gasteiger partial charge on any atom is -0.484 e. The van der Waals surface area contributed by atoms with Crippen LogP contribution >= 0.6 is 23.2 Å². The lowest BCUT2D eigenvalue weighted by Crippen LogP contribution is -2.05. The number of ether oxygens (including phenoxy) is 1. The highest BCUT2D eigenvalue weighted by atomic mass is 35.5. The molecule has 0 aliphatic rings. The molecular formula is C15H14Cl2O2. The second kappa shape index (κ2) is 6.29. The van der Waals surface area contributed by atoms with Crippen LogP contribution in [0.25, 0.3) is 0 Å². The van der Waals surface area contributed by atoms with Crippen LogP contribution in [-0.2, 0) is 6.61 Å². The molecule has 0 saturated carbocycles. The number of halogens is 2. The Morgan fingerprint density at radius 1 is 1.16 bits per heavy atom. The van der Waals surface area contributed by atoms with Gasteiger partial charge in [0.05, 0.1) is 11.6 Å². The highest BCUT2D eigenvalue weighted by Gasteiger charge is 2.14. The number of hydrogen-bond acceptors (Lipinski definition) is 2. The van der Waals surface area contributed by atoms with E-state index in [-0.39, 0.29) is 12.7 Å². The first kappa shape index (κ1) is 14.2. The highest BCUT2D eigenvalue weighted by molar-refractivity contribution is 6.35. The maximum absolute atomic E-state index is 9.35. The SMILES string of the molecule is CC(Oc1c(Cl)cc(Cl)cc1CO)c1ccccc1. The van der Waals surface area contributed by atoms with E-state index in [1.807, 2.05) is 37.3 Å². The maximum atomic E-state index is 9.35. The molecule has 1 atom stereocenters. The van der Waals surface area contributed by atoms with Gasteiger partial charge in [-0.1, -0.05) is 53.5 Å². The van der Waals surface area contributed by atoms with Gasteiger partial charge in [-0.25, -0.2) is 0 Å².